The Bertz CT molecular complexity index is 403. The Hall–Kier alpha value is -0.760. The summed E-state index contributed by atoms with van der Waals surface area (Å²) in [6, 6.07) is 4.97. The molecule has 1 aliphatic carbocycles. The van der Waals surface area contributed by atoms with Gasteiger partial charge in [-0.25, -0.2) is 4.39 Å². The summed E-state index contributed by atoms with van der Waals surface area (Å²) < 4.78 is 12.9. The zero-order chi connectivity index (χ0) is 12.5. The van der Waals surface area contributed by atoms with Gasteiger partial charge in [-0.05, 0) is 42.9 Å². The van der Waals surface area contributed by atoms with Crippen molar-refractivity contribution in [2.75, 3.05) is 5.32 Å². The largest absolute Gasteiger partial charge is 0.381 e. The van der Waals surface area contributed by atoms with Crippen LogP contribution >= 0.6 is 11.6 Å². The van der Waals surface area contributed by atoms with Gasteiger partial charge in [0.15, 0.2) is 0 Å². The summed E-state index contributed by atoms with van der Waals surface area (Å²) in [5, 5.41) is 3.90. The summed E-state index contributed by atoms with van der Waals surface area (Å²) in [6.45, 7) is 4.60. The molecule has 0 aromatic heterocycles. The number of nitrogens with one attached hydrogen (secondary N) is 1. The molecule has 1 saturated carbocycles. The molecule has 1 aromatic carbocycles. The molecule has 0 amide bonds. The summed E-state index contributed by atoms with van der Waals surface area (Å²) in [5.41, 5.74) is 1.23. The minimum absolute atomic E-state index is 0.287. The lowest BCUT2D eigenvalue weighted by Crippen LogP contribution is -2.31. The highest BCUT2D eigenvalue weighted by Gasteiger charge is 2.28. The third-order valence-electron chi connectivity index (χ3n) is 3.50. The highest BCUT2D eigenvalue weighted by atomic mass is 35.5. The van der Waals surface area contributed by atoms with Crippen LogP contribution in [0.25, 0.3) is 0 Å². The quantitative estimate of drug-likeness (QED) is 0.796. The van der Waals surface area contributed by atoms with E-state index in [2.05, 4.69) is 19.2 Å². The van der Waals surface area contributed by atoms with Crippen LogP contribution in [0, 0.1) is 11.2 Å². The predicted octanol–water partition coefficient (Wildman–Crippen LogP) is 4.86. The molecule has 1 unspecified atom stereocenters. The topological polar surface area (TPSA) is 12.0 Å². The second-order valence-electron chi connectivity index (χ2n) is 5.73. The van der Waals surface area contributed by atoms with Crippen LogP contribution in [-0.2, 0) is 0 Å². The molecule has 0 spiro atoms. The van der Waals surface area contributed by atoms with Gasteiger partial charge in [-0.2, -0.15) is 0 Å². The van der Waals surface area contributed by atoms with E-state index in [9.17, 15) is 4.39 Å². The van der Waals surface area contributed by atoms with E-state index in [4.69, 9.17) is 11.6 Å². The summed E-state index contributed by atoms with van der Waals surface area (Å²) in [4.78, 5) is 0. The molecule has 0 saturated heterocycles. The van der Waals surface area contributed by atoms with Gasteiger partial charge in [0.2, 0.25) is 0 Å². The molecular weight excluding hydrogens is 237 g/mol. The molecule has 1 aromatic rings. The first kappa shape index (κ1) is 12.7. The molecule has 1 atom stereocenters. The standard InChI is InChI=1S/C14H19ClFN/c1-14(2)7-3-4-11(9-14)17-13-6-5-10(16)8-12(13)15/h5-6,8,11,17H,3-4,7,9H2,1-2H3. The molecule has 2 rings (SSSR count). The van der Waals surface area contributed by atoms with Crippen molar-refractivity contribution in [3.05, 3.63) is 29.0 Å². The number of halogens is 2. The molecule has 0 radical (unpaired) electrons. The van der Waals surface area contributed by atoms with Crippen LogP contribution in [0.4, 0.5) is 10.1 Å². The minimum atomic E-state index is -0.287. The number of hydrogen-bond donors (Lipinski definition) is 1. The molecule has 1 aliphatic rings. The van der Waals surface area contributed by atoms with Crippen molar-refractivity contribution in [2.24, 2.45) is 5.41 Å². The fraction of sp³-hybridized carbons (Fsp3) is 0.571. The average molecular weight is 256 g/mol. The van der Waals surface area contributed by atoms with Crippen LogP contribution in [0.3, 0.4) is 0 Å². The monoisotopic (exact) mass is 255 g/mol. The number of benzene rings is 1. The van der Waals surface area contributed by atoms with Gasteiger partial charge in [0.25, 0.3) is 0 Å². The summed E-state index contributed by atoms with van der Waals surface area (Å²) in [7, 11) is 0. The van der Waals surface area contributed by atoms with Gasteiger partial charge in [0.05, 0.1) is 10.7 Å². The van der Waals surface area contributed by atoms with Crippen molar-refractivity contribution in [1.82, 2.24) is 0 Å². The van der Waals surface area contributed by atoms with E-state index in [1.54, 1.807) is 6.07 Å². The fourth-order valence-corrected chi connectivity index (χ4v) is 2.87. The summed E-state index contributed by atoms with van der Waals surface area (Å²) in [6.07, 6.45) is 4.82. The van der Waals surface area contributed by atoms with E-state index in [0.29, 0.717) is 16.5 Å². The van der Waals surface area contributed by atoms with Crippen LogP contribution in [0.1, 0.15) is 39.5 Å². The van der Waals surface area contributed by atoms with Crippen molar-refractivity contribution >= 4 is 17.3 Å². The normalized spacial score (nSPS) is 23.4. The lowest BCUT2D eigenvalue weighted by atomic mass is 9.75. The Morgan fingerprint density at radius 1 is 1.41 bits per heavy atom. The Morgan fingerprint density at radius 3 is 2.82 bits per heavy atom. The molecule has 1 fully saturated rings. The van der Waals surface area contributed by atoms with Crippen LogP contribution in [0.2, 0.25) is 5.02 Å². The molecule has 17 heavy (non-hydrogen) atoms. The predicted molar refractivity (Wildman–Crippen MR) is 71.1 cm³/mol. The fourth-order valence-electron chi connectivity index (χ4n) is 2.65. The molecule has 3 heteroatoms. The summed E-state index contributed by atoms with van der Waals surface area (Å²) in [5.74, 6) is -0.287. The highest BCUT2D eigenvalue weighted by Crippen LogP contribution is 2.37. The van der Waals surface area contributed by atoms with Gasteiger partial charge < -0.3 is 5.32 Å². The first-order chi connectivity index (χ1) is 7.96. The molecular formula is C14H19ClFN. The Morgan fingerprint density at radius 2 is 2.18 bits per heavy atom. The van der Waals surface area contributed by atoms with Crippen molar-refractivity contribution in [3.8, 4) is 0 Å². The van der Waals surface area contributed by atoms with Gasteiger partial charge >= 0.3 is 0 Å². The second kappa shape index (κ2) is 4.85. The van der Waals surface area contributed by atoms with Crippen LogP contribution in [0.5, 0.6) is 0 Å². The van der Waals surface area contributed by atoms with Crippen molar-refractivity contribution in [1.29, 1.82) is 0 Å². The van der Waals surface area contributed by atoms with E-state index >= 15 is 0 Å². The molecule has 0 bridgehead atoms. The third kappa shape index (κ3) is 3.35. The smallest absolute Gasteiger partial charge is 0.124 e. The van der Waals surface area contributed by atoms with Gasteiger partial charge in [-0.15, -0.1) is 0 Å². The maximum atomic E-state index is 12.9. The van der Waals surface area contributed by atoms with E-state index in [1.165, 1.54) is 25.0 Å². The number of rotatable bonds is 2. The molecule has 1 nitrogen and oxygen atoms in total. The first-order valence-corrected chi connectivity index (χ1v) is 6.56. The van der Waals surface area contributed by atoms with Gasteiger partial charge in [0, 0.05) is 6.04 Å². The van der Waals surface area contributed by atoms with Crippen LogP contribution in [-0.4, -0.2) is 6.04 Å². The zero-order valence-corrected chi connectivity index (χ0v) is 11.1. The van der Waals surface area contributed by atoms with Crippen molar-refractivity contribution in [2.45, 2.75) is 45.6 Å². The first-order valence-electron chi connectivity index (χ1n) is 6.18. The van der Waals surface area contributed by atoms with E-state index in [-0.39, 0.29) is 5.82 Å². The van der Waals surface area contributed by atoms with Crippen molar-refractivity contribution in [3.63, 3.8) is 0 Å². The lowest BCUT2D eigenvalue weighted by molar-refractivity contribution is 0.229. The molecule has 94 valence electrons. The third-order valence-corrected chi connectivity index (χ3v) is 3.81. The SMILES string of the molecule is CC1(C)CCCC(Nc2ccc(F)cc2Cl)C1. The van der Waals surface area contributed by atoms with Crippen LogP contribution in [0.15, 0.2) is 18.2 Å². The maximum Gasteiger partial charge on any atom is 0.124 e. The average Bonchev–Trinajstić information content (AvgIpc) is 2.21. The Labute approximate surface area is 107 Å². The Balaban J connectivity index is 2.05. The van der Waals surface area contributed by atoms with Crippen LogP contribution < -0.4 is 5.32 Å². The molecule has 1 N–H and O–H groups in total. The van der Waals surface area contributed by atoms with E-state index in [1.807, 2.05) is 0 Å². The minimum Gasteiger partial charge on any atom is -0.381 e. The van der Waals surface area contributed by atoms with Crippen molar-refractivity contribution < 1.29 is 4.39 Å². The Kier molecular flexibility index (Phi) is 3.62. The zero-order valence-electron chi connectivity index (χ0n) is 10.4. The van der Waals surface area contributed by atoms with Gasteiger partial charge in [-0.1, -0.05) is 31.9 Å². The summed E-state index contributed by atoms with van der Waals surface area (Å²) >= 11 is 6.02. The van der Waals surface area contributed by atoms with Gasteiger partial charge in [0.1, 0.15) is 5.82 Å². The lowest BCUT2D eigenvalue weighted by Gasteiger charge is -2.36. The second-order valence-corrected chi connectivity index (χ2v) is 6.13. The van der Waals surface area contributed by atoms with E-state index in [0.717, 1.165) is 18.5 Å². The maximum absolute atomic E-state index is 12.9. The molecule has 0 heterocycles. The molecule has 0 aliphatic heterocycles. The van der Waals surface area contributed by atoms with Gasteiger partial charge in [-0.3, -0.25) is 0 Å². The highest BCUT2D eigenvalue weighted by molar-refractivity contribution is 6.33. The number of anilines is 1. The number of hydrogen-bond acceptors (Lipinski definition) is 1. The van der Waals surface area contributed by atoms with E-state index < -0.39 is 0 Å².